The molecular weight excluding hydrogens is 216 g/mol. The largest absolute Gasteiger partial charge is 0.299 e. The van der Waals surface area contributed by atoms with Crippen molar-refractivity contribution in [3.63, 3.8) is 0 Å². The molecular formula is C13H14N2O2. The van der Waals surface area contributed by atoms with Crippen molar-refractivity contribution in [2.45, 2.75) is 13.8 Å². The number of benzene rings is 1. The highest BCUT2D eigenvalue weighted by Gasteiger charge is 2.19. The lowest BCUT2D eigenvalue weighted by molar-refractivity contribution is 0.103. The predicted octanol–water partition coefficient (Wildman–Crippen LogP) is 1.56. The van der Waals surface area contributed by atoms with Crippen LogP contribution < -0.4 is 5.56 Å². The van der Waals surface area contributed by atoms with Gasteiger partial charge in [-0.3, -0.25) is 19.4 Å². The van der Waals surface area contributed by atoms with Gasteiger partial charge in [0, 0.05) is 18.3 Å². The molecule has 0 fully saturated rings. The van der Waals surface area contributed by atoms with Crippen LogP contribution in [-0.2, 0) is 7.05 Å². The molecule has 1 N–H and O–H groups in total. The molecule has 2 rings (SSSR count). The molecule has 4 heteroatoms. The smallest absolute Gasteiger partial charge is 0.277 e. The Morgan fingerprint density at radius 3 is 2.41 bits per heavy atom. The fourth-order valence-electron chi connectivity index (χ4n) is 1.92. The lowest BCUT2D eigenvalue weighted by Gasteiger charge is -2.02. The molecule has 1 aromatic heterocycles. The van der Waals surface area contributed by atoms with Crippen LogP contribution in [0.3, 0.4) is 0 Å². The number of hydrogen-bond acceptors (Lipinski definition) is 2. The van der Waals surface area contributed by atoms with E-state index in [2.05, 4.69) is 5.10 Å². The Morgan fingerprint density at radius 2 is 1.88 bits per heavy atom. The number of nitrogens with one attached hydrogen (secondary N) is 1. The van der Waals surface area contributed by atoms with Crippen LogP contribution in [0.2, 0.25) is 0 Å². The van der Waals surface area contributed by atoms with Gasteiger partial charge in [-0.1, -0.05) is 24.3 Å². The molecule has 0 aliphatic carbocycles. The van der Waals surface area contributed by atoms with Gasteiger partial charge in [0.2, 0.25) is 5.78 Å². The van der Waals surface area contributed by atoms with Gasteiger partial charge in [-0.05, 0) is 19.4 Å². The Kier molecular flexibility index (Phi) is 2.71. The number of aryl methyl sites for hydroxylation is 3. The van der Waals surface area contributed by atoms with Gasteiger partial charge in [0.05, 0.1) is 0 Å². The van der Waals surface area contributed by atoms with E-state index >= 15 is 0 Å². The molecule has 2 aromatic rings. The minimum absolute atomic E-state index is 0.220. The number of aromatic nitrogens is 2. The average molecular weight is 230 g/mol. The molecule has 88 valence electrons. The van der Waals surface area contributed by atoms with E-state index in [-0.39, 0.29) is 16.9 Å². The first-order valence-corrected chi connectivity index (χ1v) is 5.38. The molecule has 0 bridgehead atoms. The zero-order valence-electron chi connectivity index (χ0n) is 10.1. The van der Waals surface area contributed by atoms with E-state index in [0.29, 0.717) is 11.3 Å². The van der Waals surface area contributed by atoms with Crippen LogP contribution in [0.15, 0.2) is 29.1 Å². The van der Waals surface area contributed by atoms with Crippen LogP contribution in [0.25, 0.3) is 0 Å². The van der Waals surface area contributed by atoms with Crippen LogP contribution in [-0.4, -0.2) is 15.6 Å². The summed E-state index contributed by atoms with van der Waals surface area (Å²) >= 11 is 0. The van der Waals surface area contributed by atoms with E-state index in [4.69, 9.17) is 0 Å². The van der Waals surface area contributed by atoms with E-state index in [0.717, 1.165) is 5.56 Å². The molecule has 4 nitrogen and oxygen atoms in total. The van der Waals surface area contributed by atoms with Crippen LogP contribution >= 0.6 is 0 Å². The van der Waals surface area contributed by atoms with Crippen LogP contribution in [0.1, 0.15) is 27.2 Å². The molecule has 0 saturated heterocycles. The summed E-state index contributed by atoms with van der Waals surface area (Å²) in [6.07, 6.45) is 0. The Balaban J connectivity index is 2.60. The highest BCUT2D eigenvalue weighted by atomic mass is 16.2. The number of H-pyrrole nitrogens is 1. The zero-order valence-corrected chi connectivity index (χ0v) is 10.1. The normalized spacial score (nSPS) is 10.5. The second-order valence-electron chi connectivity index (χ2n) is 4.12. The lowest BCUT2D eigenvalue weighted by atomic mass is 10.00. The first-order valence-electron chi connectivity index (χ1n) is 5.38. The maximum atomic E-state index is 12.3. The van der Waals surface area contributed by atoms with Gasteiger partial charge in [0.15, 0.2) is 0 Å². The summed E-state index contributed by atoms with van der Waals surface area (Å²) in [5, 5.41) is 2.83. The van der Waals surface area contributed by atoms with Crippen LogP contribution in [0, 0.1) is 13.8 Å². The fraction of sp³-hybridized carbons (Fsp3) is 0.231. The van der Waals surface area contributed by atoms with Crippen molar-refractivity contribution in [1.82, 2.24) is 9.78 Å². The number of carbonyl (C=O) groups is 1. The van der Waals surface area contributed by atoms with Crippen molar-refractivity contribution < 1.29 is 4.79 Å². The lowest BCUT2D eigenvalue weighted by Crippen LogP contribution is -2.20. The topological polar surface area (TPSA) is 54.9 Å². The van der Waals surface area contributed by atoms with Crippen LogP contribution in [0.4, 0.5) is 0 Å². The van der Waals surface area contributed by atoms with Crippen molar-refractivity contribution in [2.75, 3.05) is 0 Å². The van der Waals surface area contributed by atoms with Gasteiger partial charge in [-0.15, -0.1) is 0 Å². The minimum atomic E-state index is -0.282. The minimum Gasteiger partial charge on any atom is -0.299 e. The molecule has 17 heavy (non-hydrogen) atoms. The van der Waals surface area contributed by atoms with Gasteiger partial charge >= 0.3 is 0 Å². The Bertz CT molecular complexity index is 635. The van der Waals surface area contributed by atoms with Gasteiger partial charge in [0.25, 0.3) is 5.56 Å². The molecule has 1 heterocycles. The number of aromatic amines is 1. The zero-order chi connectivity index (χ0) is 12.6. The highest BCUT2D eigenvalue weighted by Crippen LogP contribution is 2.13. The van der Waals surface area contributed by atoms with E-state index in [9.17, 15) is 9.59 Å². The standard InChI is InChI=1S/C13H14N2O2/c1-8-6-4-5-7-10(8)12(16)11-9(2)14-15(3)13(11)17/h4-7,14H,1-3H3. The number of nitrogens with zero attached hydrogens (tertiary/aromatic N) is 1. The molecule has 0 spiro atoms. The molecule has 0 saturated carbocycles. The Morgan fingerprint density at radius 1 is 1.24 bits per heavy atom. The summed E-state index contributed by atoms with van der Waals surface area (Å²) in [7, 11) is 1.60. The quantitative estimate of drug-likeness (QED) is 0.796. The summed E-state index contributed by atoms with van der Waals surface area (Å²) in [4.78, 5) is 24.1. The monoisotopic (exact) mass is 230 g/mol. The van der Waals surface area contributed by atoms with E-state index in [1.54, 1.807) is 26.1 Å². The summed E-state index contributed by atoms with van der Waals surface area (Å²) in [5.74, 6) is -0.220. The third-order valence-electron chi connectivity index (χ3n) is 2.85. The van der Waals surface area contributed by atoms with Crippen molar-refractivity contribution in [1.29, 1.82) is 0 Å². The molecule has 0 radical (unpaired) electrons. The summed E-state index contributed by atoms with van der Waals surface area (Å²) in [5.41, 5.74) is 2.00. The predicted molar refractivity (Wildman–Crippen MR) is 65.4 cm³/mol. The van der Waals surface area contributed by atoms with Crippen molar-refractivity contribution in [3.05, 3.63) is 57.0 Å². The van der Waals surface area contributed by atoms with E-state index in [1.165, 1.54) is 4.68 Å². The third kappa shape index (κ3) is 1.82. The first-order chi connectivity index (χ1) is 8.02. The second-order valence-corrected chi connectivity index (χ2v) is 4.12. The SMILES string of the molecule is Cc1ccccc1C(=O)c1c(C)[nH]n(C)c1=O. The van der Waals surface area contributed by atoms with E-state index < -0.39 is 0 Å². The Hall–Kier alpha value is -2.10. The van der Waals surface area contributed by atoms with Gasteiger partial charge in [0.1, 0.15) is 5.56 Å². The maximum absolute atomic E-state index is 12.3. The highest BCUT2D eigenvalue weighted by molar-refractivity contribution is 6.10. The molecule has 0 amide bonds. The molecule has 0 aliphatic rings. The van der Waals surface area contributed by atoms with Crippen LogP contribution in [0.5, 0.6) is 0 Å². The van der Waals surface area contributed by atoms with Crippen molar-refractivity contribution >= 4 is 5.78 Å². The van der Waals surface area contributed by atoms with Crippen molar-refractivity contribution in [2.24, 2.45) is 7.05 Å². The number of carbonyl (C=O) groups excluding carboxylic acids is 1. The second kappa shape index (κ2) is 4.05. The fourth-order valence-corrected chi connectivity index (χ4v) is 1.92. The number of ketones is 1. The van der Waals surface area contributed by atoms with E-state index in [1.807, 2.05) is 19.1 Å². The molecule has 0 unspecified atom stereocenters. The van der Waals surface area contributed by atoms with Crippen molar-refractivity contribution in [3.8, 4) is 0 Å². The Labute approximate surface area is 98.9 Å². The summed E-state index contributed by atoms with van der Waals surface area (Å²) in [6.45, 7) is 3.59. The third-order valence-corrected chi connectivity index (χ3v) is 2.85. The molecule has 0 aliphatic heterocycles. The maximum Gasteiger partial charge on any atom is 0.277 e. The van der Waals surface area contributed by atoms with Gasteiger partial charge in [-0.2, -0.15) is 0 Å². The number of hydrogen-bond donors (Lipinski definition) is 1. The summed E-state index contributed by atoms with van der Waals surface area (Å²) in [6, 6.07) is 7.27. The van der Waals surface area contributed by atoms with Gasteiger partial charge in [-0.25, -0.2) is 0 Å². The molecule has 1 aromatic carbocycles. The summed E-state index contributed by atoms with van der Waals surface area (Å²) < 4.78 is 1.32. The van der Waals surface area contributed by atoms with Gasteiger partial charge < -0.3 is 0 Å². The number of rotatable bonds is 2. The molecule has 0 atom stereocenters. The average Bonchev–Trinajstić information content (AvgIpc) is 2.53. The first kappa shape index (κ1) is 11.4.